The van der Waals surface area contributed by atoms with Crippen molar-refractivity contribution in [3.8, 4) is 5.75 Å². The number of benzene rings is 1. The normalized spacial score (nSPS) is 26.1. The molecule has 1 fully saturated rings. The van der Waals surface area contributed by atoms with Crippen molar-refractivity contribution in [1.29, 1.82) is 0 Å². The second-order valence-electron chi connectivity index (χ2n) is 6.36. The molecule has 0 radical (unpaired) electrons. The molecule has 3 aliphatic rings. The zero-order chi connectivity index (χ0) is 18.0. The zero-order valence-corrected chi connectivity index (χ0v) is 13.7. The van der Waals surface area contributed by atoms with E-state index in [2.05, 4.69) is 4.99 Å². The molecule has 0 N–H and O–H groups in total. The van der Waals surface area contributed by atoms with Gasteiger partial charge >= 0.3 is 6.18 Å². The first-order valence-corrected chi connectivity index (χ1v) is 7.60. The summed E-state index contributed by atoms with van der Waals surface area (Å²) in [5, 5.41) is 1.50. The summed E-state index contributed by atoms with van der Waals surface area (Å²) in [6, 6.07) is 3.34. The Labute approximate surface area is 141 Å². The molecular weight excluding hydrogens is 337 g/mol. The average Bonchev–Trinajstić information content (AvgIpc) is 3.27. The van der Waals surface area contributed by atoms with Crippen LogP contribution >= 0.6 is 0 Å². The van der Waals surface area contributed by atoms with Gasteiger partial charge in [-0.15, -0.1) is 0 Å². The molecule has 1 saturated heterocycles. The molecule has 1 aromatic rings. The van der Waals surface area contributed by atoms with Gasteiger partial charge in [-0.25, -0.2) is 14.9 Å². The Morgan fingerprint density at radius 1 is 1.24 bits per heavy atom. The zero-order valence-electron chi connectivity index (χ0n) is 13.7. The fourth-order valence-electron chi connectivity index (χ4n) is 3.06. The van der Waals surface area contributed by atoms with Crippen LogP contribution in [-0.4, -0.2) is 29.3 Å². The Morgan fingerprint density at radius 2 is 2.00 bits per heavy atom. The van der Waals surface area contributed by atoms with Gasteiger partial charge in [0.05, 0.1) is 12.7 Å². The highest BCUT2D eigenvalue weighted by molar-refractivity contribution is 6.12. The standard InChI is InChI=1S/C17H15F3N2O3/c1-15(2)21-14(16-13(23-3)5-4-8-22(16)25-16)11-9-10(17(18,19)20)6-7-12(11)24-15/h4-9H,1-3H3. The van der Waals surface area contributed by atoms with Crippen molar-refractivity contribution in [3.05, 3.63) is 53.4 Å². The molecule has 3 aliphatic heterocycles. The van der Waals surface area contributed by atoms with Crippen LogP contribution in [0.2, 0.25) is 0 Å². The number of halogens is 3. The fourth-order valence-corrected chi connectivity index (χ4v) is 3.06. The van der Waals surface area contributed by atoms with Crippen LogP contribution in [0, 0.1) is 0 Å². The highest BCUT2D eigenvalue weighted by atomic mass is 19.4. The maximum absolute atomic E-state index is 13.2. The smallest absolute Gasteiger partial charge is 0.416 e. The van der Waals surface area contributed by atoms with E-state index in [1.54, 1.807) is 32.2 Å². The van der Waals surface area contributed by atoms with E-state index in [1.807, 2.05) is 0 Å². The molecule has 0 spiro atoms. The lowest BCUT2D eigenvalue weighted by Gasteiger charge is -2.32. The van der Waals surface area contributed by atoms with E-state index in [9.17, 15) is 13.2 Å². The Hall–Kier alpha value is -2.48. The van der Waals surface area contributed by atoms with Gasteiger partial charge in [0.1, 0.15) is 11.5 Å². The molecule has 4 rings (SSSR count). The third-order valence-electron chi connectivity index (χ3n) is 4.16. The molecule has 0 amide bonds. The van der Waals surface area contributed by atoms with Crippen LogP contribution < -0.4 is 4.74 Å². The predicted octanol–water partition coefficient (Wildman–Crippen LogP) is 3.62. The van der Waals surface area contributed by atoms with Crippen molar-refractivity contribution in [2.75, 3.05) is 7.11 Å². The first kappa shape index (κ1) is 16.0. The molecule has 0 aliphatic carbocycles. The van der Waals surface area contributed by atoms with Gasteiger partial charge in [-0.1, -0.05) is 0 Å². The summed E-state index contributed by atoms with van der Waals surface area (Å²) in [6.07, 6.45) is 0.617. The Kier molecular flexibility index (Phi) is 3.06. The molecule has 132 valence electrons. The fraction of sp³-hybridized carbons (Fsp3) is 0.353. The van der Waals surface area contributed by atoms with Crippen LogP contribution in [0.1, 0.15) is 25.0 Å². The third-order valence-corrected chi connectivity index (χ3v) is 4.16. The Morgan fingerprint density at radius 3 is 2.68 bits per heavy atom. The van der Waals surface area contributed by atoms with E-state index in [0.717, 1.165) is 12.1 Å². The van der Waals surface area contributed by atoms with Gasteiger partial charge in [-0.2, -0.15) is 13.2 Å². The van der Waals surface area contributed by atoms with Crippen molar-refractivity contribution in [1.82, 2.24) is 5.06 Å². The third kappa shape index (κ3) is 2.31. The number of hydrogen-bond acceptors (Lipinski definition) is 5. The summed E-state index contributed by atoms with van der Waals surface area (Å²) in [5.41, 5.74) is -2.34. The monoisotopic (exact) mass is 352 g/mol. The summed E-state index contributed by atoms with van der Waals surface area (Å²) in [4.78, 5) is 10.2. The number of aliphatic imine (C=N–C) groups is 1. The largest absolute Gasteiger partial charge is 0.495 e. The summed E-state index contributed by atoms with van der Waals surface area (Å²) in [7, 11) is 1.48. The quantitative estimate of drug-likeness (QED) is 0.763. The van der Waals surface area contributed by atoms with Gasteiger partial charge in [0.2, 0.25) is 0 Å². The van der Waals surface area contributed by atoms with Gasteiger partial charge in [0.15, 0.2) is 11.5 Å². The van der Waals surface area contributed by atoms with Crippen molar-refractivity contribution >= 4 is 5.71 Å². The van der Waals surface area contributed by atoms with Gasteiger partial charge in [0.25, 0.3) is 5.72 Å². The van der Waals surface area contributed by atoms with Crippen LogP contribution in [0.15, 0.2) is 47.3 Å². The maximum Gasteiger partial charge on any atom is 0.416 e. The number of hydroxylamine groups is 2. The van der Waals surface area contributed by atoms with E-state index < -0.39 is 23.2 Å². The van der Waals surface area contributed by atoms with Crippen LogP contribution in [-0.2, 0) is 15.8 Å². The predicted molar refractivity (Wildman–Crippen MR) is 82.6 cm³/mol. The number of hydrogen-bond donors (Lipinski definition) is 0. The average molecular weight is 352 g/mol. The number of rotatable bonds is 2. The molecule has 1 atom stereocenters. The molecule has 25 heavy (non-hydrogen) atoms. The molecule has 0 saturated carbocycles. The molecule has 0 aromatic heterocycles. The first-order chi connectivity index (χ1) is 11.7. The van der Waals surface area contributed by atoms with Gasteiger partial charge in [0, 0.05) is 11.8 Å². The Bertz CT molecular complexity index is 842. The number of allylic oxidation sites excluding steroid dienone is 2. The maximum atomic E-state index is 13.2. The van der Waals surface area contributed by atoms with Crippen molar-refractivity contribution < 1.29 is 27.5 Å². The van der Waals surface area contributed by atoms with Crippen LogP contribution in [0.3, 0.4) is 0 Å². The number of ether oxygens (including phenoxy) is 2. The van der Waals surface area contributed by atoms with Crippen molar-refractivity contribution in [3.63, 3.8) is 0 Å². The highest BCUT2D eigenvalue weighted by Gasteiger charge is 2.65. The lowest BCUT2D eigenvalue weighted by molar-refractivity contribution is -0.137. The van der Waals surface area contributed by atoms with Crippen molar-refractivity contribution in [2.24, 2.45) is 4.99 Å². The highest BCUT2D eigenvalue weighted by Crippen LogP contribution is 2.50. The molecule has 1 aromatic carbocycles. The molecule has 5 nitrogen and oxygen atoms in total. The van der Waals surface area contributed by atoms with Crippen LogP contribution in [0.4, 0.5) is 13.2 Å². The summed E-state index contributed by atoms with van der Waals surface area (Å²) < 4.78 is 50.6. The summed E-state index contributed by atoms with van der Waals surface area (Å²) in [6.45, 7) is 3.46. The second kappa shape index (κ2) is 4.78. The van der Waals surface area contributed by atoms with E-state index in [4.69, 9.17) is 14.3 Å². The van der Waals surface area contributed by atoms with Crippen molar-refractivity contribution in [2.45, 2.75) is 31.5 Å². The minimum absolute atomic E-state index is 0.231. The number of fused-ring (bicyclic) bond motifs is 2. The van der Waals surface area contributed by atoms with Gasteiger partial charge in [-0.05, 0) is 44.2 Å². The topological polar surface area (TPSA) is 46.4 Å². The van der Waals surface area contributed by atoms with E-state index in [-0.39, 0.29) is 5.56 Å². The van der Waals surface area contributed by atoms with Crippen LogP contribution in [0.25, 0.3) is 0 Å². The van der Waals surface area contributed by atoms with E-state index >= 15 is 0 Å². The number of alkyl halides is 3. The molecule has 0 bridgehead atoms. The van der Waals surface area contributed by atoms with Gasteiger partial charge < -0.3 is 9.47 Å². The van der Waals surface area contributed by atoms with Gasteiger partial charge in [-0.3, -0.25) is 0 Å². The summed E-state index contributed by atoms with van der Waals surface area (Å²) >= 11 is 0. The number of nitrogens with zero attached hydrogens (tertiary/aromatic N) is 2. The van der Waals surface area contributed by atoms with Crippen LogP contribution in [0.5, 0.6) is 5.75 Å². The Balaban J connectivity index is 1.90. The van der Waals surface area contributed by atoms with E-state index in [1.165, 1.54) is 18.2 Å². The molecular formula is C17H15F3N2O3. The second-order valence-corrected chi connectivity index (χ2v) is 6.36. The summed E-state index contributed by atoms with van der Waals surface area (Å²) in [5.74, 6) is 0.757. The molecule has 8 heteroatoms. The first-order valence-electron chi connectivity index (χ1n) is 7.60. The lowest BCUT2D eigenvalue weighted by Crippen LogP contribution is -2.41. The molecule has 3 heterocycles. The SMILES string of the molecule is COC1=CC=CN2OC12C1=NC(C)(C)Oc2ccc(C(F)(F)F)cc21. The minimum atomic E-state index is -4.47. The molecule has 1 unspecified atom stereocenters. The minimum Gasteiger partial charge on any atom is -0.495 e. The van der Waals surface area contributed by atoms with E-state index in [0.29, 0.717) is 17.2 Å². The lowest BCUT2D eigenvalue weighted by atomic mass is 9.93. The number of methoxy groups -OCH3 is 1.